The first-order valence-electron chi connectivity index (χ1n) is 8.68. The fourth-order valence-electron chi connectivity index (χ4n) is 3.27. The van der Waals surface area contributed by atoms with Gasteiger partial charge in [0.25, 0.3) is 5.91 Å². The highest BCUT2D eigenvalue weighted by Gasteiger charge is 2.20. The number of amides is 1. The number of carbonyl (C=O) groups excluding carboxylic acids is 1. The second kappa shape index (κ2) is 7.01. The van der Waals surface area contributed by atoms with Gasteiger partial charge >= 0.3 is 0 Å². The molecule has 1 amide bonds. The van der Waals surface area contributed by atoms with Crippen molar-refractivity contribution in [3.63, 3.8) is 0 Å². The van der Waals surface area contributed by atoms with Crippen LogP contribution < -0.4 is 10.4 Å². The van der Waals surface area contributed by atoms with Crippen molar-refractivity contribution in [2.24, 2.45) is 4.99 Å². The van der Waals surface area contributed by atoms with Gasteiger partial charge in [-0.25, -0.2) is 10.5 Å². The van der Waals surface area contributed by atoms with Crippen LogP contribution in [-0.2, 0) is 0 Å². The second-order valence-electron chi connectivity index (χ2n) is 6.09. The van der Waals surface area contributed by atoms with Crippen LogP contribution in [0.4, 0.5) is 17.2 Å². The Labute approximate surface area is 156 Å². The molecule has 0 fully saturated rings. The summed E-state index contributed by atoms with van der Waals surface area (Å²) in [5, 5.41) is 9.03. The summed E-state index contributed by atoms with van der Waals surface area (Å²) in [5.41, 5.74) is 6.14. The van der Waals surface area contributed by atoms with Crippen molar-refractivity contribution in [1.29, 1.82) is 0 Å². The van der Waals surface area contributed by atoms with Gasteiger partial charge in [-0.15, -0.1) is 0 Å². The molecule has 0 aliphatic carbocycles. The number of carbonyl (C=O) groups is 1. The zero-order valence-electron chi connectivity index (χ0n) is 14.8. The summed E-state index contributed by atoms with van der Waals surface area (Å²) in [6.07, 6.45) is 1.81. The molecular formula is C21H18N4O2. The molecule has 4 rings (SSSR count). The zero-order valence-corrected chi connectivity index (χ0v) is 14.8. The number of pyridine rings is 1. The van der Waals surface area contributed by atoms with Gasteiger partial charge in [-0.3, -0.25) is 15.0 Å². The van der Waals surface area contributed by atoms with E-state index in [1.807, 2.05) is 54.7 Å². The van der Waals surface area contributed by atoms with Crippen LogP contribution in [0, 0.1) is 0 Å². The van der Waals surface area contributed by atoms with Crippen molar-refractivity contribution in [3.8, 4) is 11.3 Å². The Balaban J connectivity index is 1.88. The van der Waals surface area contributed by atoms with Gasteiger partial charge in [0.05, 0.1) is 22.6 Å². The number of hydrogen-bond acceptors (Lipinski definition) is 5. The molecule has 2 heterocycles. The minimum Gasteiger partial charge on any atom is -0.324 e. The molecule has 0 atom stereocenters. The highest BCUT2D eigenvalue weighted by molar-refractivity contribution is 6.00. The minimum atomic E-state index is -0.568. The normalized spacial score (nSPS) is 12.1. The summed E-state index contributed by atoms with van der Waals surface area (Å²) >= 11 is 0. The molecule has 2 N–H and O–H groups in total. The number of hydrogen-bond donors (Lipinski definition) is 2. The number of nitrogens with zero attached hydrogens (tertiary/aromatic N) is 3. The van der Waals surface area contributed by atoms with E-state index < -0.39 is 5.91 Å². The molecule has 6 heteroatoms. The molecule has 6 nitrogen and oxygen atoms in total. The van der Waals surface area contributed by atoms with E-state index in [0.29, 0.717) is 16.8 Å². The van der Waals surface area contributed by atoms with Gasteiger partial charge in [-0.1, -0.05) is 30.3 Å². The topological polar surface area (TPSA) is 77.8 Å². The van der Waals surface area contributed by atoms with E-state index in [1.54, 1.807) is 17.6 Å². The van der Waals surface area contributed by atoms with E-state index in [4.69, 9.17) is 10.2 Å². The molecule has 1 aromatic heterocycles. The molecule has 27 heavy (non-hydrogen) atoms. The minimum absolute atomic E-state index is 0.359. The third-order valence-corrected chi connectivity index (χ3v) is 4.54. The van der Waals surface area contributed by atoms with Crippen LogP contribution in [0.3, 0.4) is 0 Å². The van der Waals surface area contributed by atoms with Gasteiger partial charge in [-0.2, -0.15) is 0 Å². The van der Waals surface area contributed by atoms with Crippen molar-refractivity contribution in [1.82, 2.24) is 10.5 Å². The lowest BCUT2D eigenvalue weighted by Gasteiger charge is -2.24. The number of aromatic nitrogens is 1. The number of para-hydroxylation sites is 2. The summed E-state index contributed by atoms with van der Waals surface area (Å²) in [7, 11) is 0. The van der Waals surface area contributed by atoms with Gasteiger partial charge in [0.15, 0.2) is 0 Å². The van der Waals surface area contributed by atoms with Crippen LogP contribution in [0.5, 0.6) is 0 Å². The monoisotopic (exact) mass is 358 g/mol. The SMILES string of the molecule is CCN1c2ccccc2N=Cc2ccc(-c3ccccc3C(=O)NO)nc21. The Bertz CT molecular complexity index is 1050. The lowest BCUT2D eigenvalue weighted by Crippen LogP contribution is -2.20. The lowest BCUT2D eigenvalue weighted by atomic mass is 10.0. The van der Waals surface area contributed by atoms with Gasteiger partial charge in [0, 0.05) is 23.9 Å². The van der Waals surface area contributed by atoms with Crippen molar-refractivity contribution in [2.45, 2.75) is 6.92 Å². The maximum atomic E-state index is 12.0. The van der Waals surface area contributed by atoms with Crippen molar-refractivity contribution in [3.05, 3.63) is 71.8 Å². The Morgan fingerprint density at radius 1 is 1.07 bits per heavy atom. The molecule has 0 spiro atoms. The Morgan fingerprint density at radius 3 is 2.67 bits per heavy atom. The molecule has 2 aromatic carbocycles. The van der Waals surface area contributed by atoms with E-state index >= 15 is 0 Å². The fourth-order valence-corrected chi connectivity index (χ4v) is 3.27. The van der Waals surface area contributed by atoms with Crippen molar-refractivity contribution >= 4 is 29.3 Å². The summed E-state index contributed by atoms with van der Waals surface area (Å²) in [4.78, 5) is 23.6. The Kier molecular flexibility index (Phi) is 4.40. The maximum Gasteiger partial charge on any atom is 0.275 e. The van der Waals surface area contributed by atoms with Crippen LogP contribution in [-0.4, -0.2) is 28.9 Å². The number of anilines is 2. The average molecular weight is 358 g/mol. The number of nitrogens with one attached hydrogen (secondary N) is 1. The van der Waals surface area contributed by atoms with E-state index in [9.17, 15) is 4.79 Å². The van der Waals surface area contributed by atoms with Crippen LogP contribution in [0.15, 0.2) is 65.7 Å². The predicted octanol–water partition coefficient (Wildman–Crippen LogP) is 4.09. The Morgan fingerprint density at radius 2 is 1.85 bits per heavy atom. The summed E-state index contributed by atoms with van der Waals surface area (Å²) < 4.78 is 0. The smallest absolute Gasteiger partial charge is 0.275 e. The maximum absolute atomic E-state index is 12.0. The first kappa shape index (κ1) is 16.9. The second-order valence-corrected chi connectivity index (χ2v) is 6.09. The highest BCUT2D eigenvalue weighted by Crippen LogP contribution is 2.37. The number of rotatable bonds is 3. The molecule has 1 aliphatic rings. The molecule has 0 saturated carbocycles. The molecule has 0 bridgehead atoms. The average Bonchev–Trinajstić information content (AvgIpc) is 2.89. The third-order valence-electron chi connectivity index (χ3n) is 4.54. The van der Waals surface area contributed by atoms with Gasteiger partial charge in [0.1, 0.15) is 5.82 Å². The summed E-state index contributed by atoms with van der Waals surface area (Å²) in [6, 6.07) is 18.8. The molecule has 3 aromatic rings. The summed E-state index contributed by atoms with van der Waals surface area (Å²) in [5.74, 6) is 0.213. The molecule has 0 saturated heterocycles. The molecular weight excluding hydrogens is 340 g/mol. The van der Waals surface area contributed by atoms with E-state index in [0.717, 1.165) is 29.3 Å². The number of fused-ring (bicyclic) bond motifs is 2. The number of benzene rings is 2. The quantitative estimate of drug-likeness (QED) is 0.546. The third kappa shape index (κ3) is 2.96. The van der Waals surface area contributed by atoms with Gasteiger partial charge in [-0.05, 0) is 37.3 Å². The van der Waals surface area contributed by atoms with Crippen molar-refractivity contribution in [2.75, 3.05) is 11.4 Å². The molecule has 1 aliphatic heterocycles. The van der Waals surface area contributed by atoms with E-state index in [2.05, 4.69) is 16.8 Å². The first-order valence-corrected chi connectivity index (χ1v) is 8.68. The predicted molar refractivity (Wildman–Crippen MR) is 105 cm³/mol. The number of hydroxylamine groups is 1. The van der Waals surface area contributed by atoms with Crippen molar-refractivity contribution < 1.29 is 10.0 Å². The van der Waals surface area contributed by atoms with E-state index in [-0.39, 0.29) is 0 Å². The lowest BCUT2D eigenvalue weighted by molar-refractivity contribution is 0.0707. The van der Waals surface area contributed by atoms with Gasteiger partial charge < -0.3 is 4.90 Å². The number of aliphatic imine (C=N–C) groups is 1. The van der Waals surface area contributed by atoms with Crippen LogP contribution in [0.25, 0.3) is 11.3 Å². The fraction of sp³-hybridized carbons (Fsp3) is 0.0952. The Hall–Kier alpha value is -3.51. The zero-order chi connectivity index (χ0) is 18.8. The largest absolute Gasteiger partial charge is 0.324 e. The molecule has 0 unspecified atom stereocenters. The van der Waals surface area contributed by atoms with Crippen LogP contribution in [0.1, 0.15) is 22.8 Å². The van der Waals surface area contributed by atoms with Crippen LogP contribution >= 0.6 is 0 Å². The highest BCUT2D eigenvalue weighted by atomic mass is 16.5. The van der Waals surface area contributed by atoms with Crippen LogP contribution in [0.2, 0.25) is 0 Å². The molecule has 0 radical (unpaired) electrons. The first-order chi connectivity index (χ1) is 13.2. The van der Waals surface area contributed by atoms with Gasteiger partial charge in [0.2, 0.25) is 0 Å². The molecule has 134 valence electrons. The van der Waals surface area contributed by atoms with E-state index in [1.165, 1.54) is 0 Å². The summed E-state index contributed by atoms with van der Waals surface area (Å²) in [6.45, 7) is 2.79. The standard InChI is InChI=1S/C21H18N4O2/c1-2-25-19-10-6-5-9-18(19)22-13-14-11-12-17(23-20(14)25)15-7-3-4-8-16(15)21(26)24-27/h3-13,27H,2H2,1H3,(H,24,26).